The van der Waals surface area contributed by atoms with Crippen LogP contribution in [-0.2, 0) is 6.42 Å². The lowest BCUT2D eigenvalue weighted by Crippen LogP contribution is -2.25. The zero-order valence-electron chi connectivity index (χ0n) is 18.3. The molecule has 3 nitrogen and oxygen atoms in total. The number of pyridine rings is 1. The van der Waals surface area contributed by atoms with E-state index in [0.717, 1.165) is 46.4 Å². The second-order valence-electron chi connectivity index (χ2n) is 8.25. The molecule has 1 aliphatic carbocycles. The Balaban J connectivity index is 1.62. The Labute approximate surface area is 198 Å². The molecule has 33 heavy (non-hydrogen) atoms. The van der Waals surface area contributed by atoms with Gasteiger partial charge in [0, 0.05) is 16.7 Å². The summed E-state index contributed by atoms with van der Waals surface area (Å²) in [6, 6.07) is 30.3. The lowest BCUT2D eigenvalue weighted by molar-refractivity contribution is 0.0979. The van der Waals surface area contributed by atoms with Crippen LogP contribution >= 0.6 is 11.8 Å². The van der Waals surface area contributed by atoms with Crippen molar-refractivity contribution in [2.24, 2.45) is 0 Å². The number of aryl methyl sites for hydroxylation is 2. The molecule has 0 spiro atoms. The Hall–Kier alpha value is -3.68. The number of carbonyl (C=O) groups is 1. The van der Waals surface area contributed by atoms with E-state index in [1.54, 1.807) is 0 Å². The van der Waals surface area contributed by atoms with E-state index in [1.807, 2.05) is 60.7 Å². The molecule has 0 saturated heterocycles. The van der Waals surface area contributed by atoms with Gasteiger partial charge in [-0.15, -0.1) is 0 Å². The zero-order valence-corrected chi connectivity index (χ0v) is 19.1. The molecule has 0 amide bonds. The quantitative estimate of drug-likeness (QED) is 0.343. The molecule has 0 aliphatic heterocycles. The van der Waals surface area contributed by atoms with Crippen molar-refractivity contribution in [1.82, 2.24) is 4.98 Å². The first-order valence-corrected chi connectivity index (χ1v) is 11.9. The Kier molecular flexibility index (Phi) is 5.81. The summed E-state index contributed by atoms with van der Waals surface area (Å²) < 4.78 is 0. The van der Waals surface area contributed by atoms with E-state index < -0.39 is 0 Å². The van der Waals surface area contributed by atoms with Crippen LogP contribution in [0.2, 0.25) is 0 Å². The second kappa shape index (κ2) is 9.05. The molecule has 160 valence electrons. The summed E-state index contributed by atoms with van der Waals surface area (Å²) in [4.78, 5) is 18.1. The summed E-state index contributed by atoms with van der Waals surface area (Å²) in [7, 11) is 0. The smallest absolute Gasteiger partial charge is 0.176 e. The molecule has 5 rings (SSSR count). The minimum absolute atomic E-state index is 0.120. The number of carbonyl (C=O) groups excluding carboxylic acids is 1. The van der Waals surface area contributed by atoms with Gasteiger partial charge in [-0.1, -0.05) is 96.2 Å². The number of nitriles is 1. The molecule has 3 aromatic carbocycles. The molecular formula is C29H22N2OS. The maximum absolute atomic E-state index is 13.2. The number of thioether (sulfide) groups is 1. The standard InChI is InChI=1S/C29H22N2OS/c1-19-11-13-22(14-12-19)26-17-24(20-7-3-2-4-8-20)25(18-30)29(31-26)33-27-16-15-21-9-5-6-10-23(21)28(27)32/h2-14,17,27H,15-16H2,1H3/t27-/m1/s1. The van der Waals surface area contributed by atoms with E-state index in [-0.39, 0.29) is 11.0 Å². The molecular weight excluding hydrogens is 424 g/mol. The number of nitrogens with zero attached hydrogens (tertiary/aromatic N) is 2. The molecule has 1 aliphatic rings. The van der Waals surface area contributed by atoms with Gasteiger partial charge in [-0.05, 0) is 37.0 Å². The second-order valence-corrected chi connectivity index (χ2v) is 9.44. The number of benzene rings is 3. The van der Waals surface area contributed by atoms with Gasteiger partial charge < -0.3 is 0 Å². The van der Waals surface area contributed by atoms with Gasteiger partial charge in [0.2, 0.25) is 0 Å². The first-order valence-electron chi connectivity index (χ1n) is 11.0. The van der Waals surface area contributed by atoms with Crippen LogP contribution in [0.3, 0.4) is 0 Å². The van der Waals surface area contributed by atoms with Crippen molar-refractivity contribution in [3.05, 3.63) is 107 Å². The third-order valence-corrected chi connectivity index (χ3v) is 7.29. The van der Waals surface area contributed by atoms with Crippen LogP contribution in [-0.4, -0.2) is 16.0 Å². The third-order valence-electron chi connectivity index (χ3n) is 6.04. The highest BCUT2D eigenvalue weighted by molar-refractivity contribution is 8.00. The summed E-state index contributed by atoms with van der Waals surface area (Å²) in [5.74, 6) is 0.120. The number of ketones is 1. The van der Waals surface area contributed by atoms with Crippen LogP contribution in [0.5, 0.6) is 0 Å². The fourth-order valence-corrected chi connectivity index (χ4v) is 5.41. The van der Waals surface area contributed by atoms with E-state index in [9.17, 15) is 10.1 Å². The number of hydrogen-bond donors (Lipinski definition) is 0. The van der Waals surface area contributed by atoms with Crippen molar-refractivity contribution in [2.75, 3.05) is 0 Å². The fraction of sp³-hybridized carbons (Fsp3) is 0.138. The molecule has 0 saturated carbocycles. The Morgan fingerprint density at radius 1 is 0.909 bits per heavy atom. The lowest BCUT2D eigenvalue weighted by atomic mass is 9.90. The van der Waals surface area contributed by atoms with Crippen LogP contribution in [0.15, 0.2) is 90.0 Å². The first-order chi connectivity index (χ1) is 16.1. The monoisotopic (exact) mass is 446 g/mol. The van der Waals surface area contributed by atoms with Crippen LogP contribution in [0.25, 0.3) is 22.4 Å². The van der Waals surface area contributed by atoms with Gasteiger partial charge in [0.05, 0.1) is 16.5 Å². The minimum atomic E-state index is -0.253. The lowest BCUT2D eigenvalue weighted by Gasteiger charge is -2.23. The van der Waals surface area contributed by atoms with Gasteiger partial charge in [-0.2, -0.15) is 5.26 Å². The van der Waals surface area contributed by atoms with Crippen molar-refractivity contribution < 1.29 is 4.79 Å². The van der Waals surface area contributed by atoms with Gasteiger partial charge in [-0.25, -0.2) is 4.98 Å². The summed E-state index contributed by atoms with van der Waals surface area (Å²) >= 11 is 1.43. The molecule has 0 bridgehead atoms. The SMILES string of the molecule is Cc1ccc(-c2cc(-c3ccccc3)c(C#N)c(S[C@@H]3CCc4ccccc4C3=O)n2)cc1. The highest BCUT2D eigenvalue weighted by atomic mass is 32.2. The number of rotatable bonds is 4. The van der Waals surface area contributed by atoms with E-state index in [4.69, 9.17) is 4.98 Å². The summed E-state index contributed by atoms with van der Waals surface area (Å²) in [5, 5.41) is 10.5. The minimum Gasteiger partial charge on any atom is -0.293 e. The van der Waals surface area contributed by atoms with Gasteiger partial charge in [-0.3, -0.25) is 4.79 Å². The van der Waals surface area contributed by atoms with E-state index in [2.05, 4.69) is 37.3 Å². The molecule has 1 aromatic heterocycles. The van der Waals surface area contributed by atoms with Gasteiger partial charge in [0.15, 0.2) is 5.78 Å². The topological polar surface area (TPSA) is 53.8 Å². The normalized spacial score (nSPS) is 15.0. The van der Waals surface area contributed by atoms with Gasteiger partial charge in [0.25, 0.3) is 0 Å². The Morgan fingerprint density at radius 2 is 1.64 bits per heavy atom. The Morgan fingerprint density at radius 3 is 2.39 bits per heavy atom. The fourth-order valence-electron chi connectivity index (χ4n) is 4.25. The van der Waals surface area contributed by atoms with Crippen molar-refractivity contribution >= 4 is 17.5 Å². The average molecular weight is 447 g/mol. The molecule has 0 unspecified atom stereocenters. The van der Waals surface area contributed by atoms with E-state index in [1.165, 1.54) is 17.3 Å². The molecule has 4 heteroatoms. The zero-order chi connectivity index (χ0) is 22.8. The number of fused-ring (bicyclic) bond motifs is 1. The van der Waals surface area contributed by atoms with Gasteiger partial charge in [0.1, 0.15) is 11.1 Å². The molecule has 0 N–H and O–H groups in total. The van der Waals surface area contributed by atoms with E-state index >= 15 is 0 Å². The average Bonchev–Trinajstić information content (AvgIpc) is 2.86. The molecule has 0 radical (unpaired) electrons. The number of Topliss-reactive ketones (excluding diaryl/α,β-unsaturated/α-hetero) is 1. The van der Waals surface area contributed by atoms with Gasteiger partial charge >= 0.3 is 0 Å². The molecule has 1 atom stereocenters. The predicted octanol–water partition coefficient (Wildman–Crippen LogP) is 6.89. The molecule has 0 fully saturated rings. The molecule has 1 heterocycles. The highest BCUT2D eigenvalue weighted by Gasteiger charge is 2.30. The highest BCUT2D eigenvalue weighted by Crippen LogP contribution is 2.39. The van der Waals surface area contributed by atoms with Crippen LogP contribution < -0.4 is 0 Å². The summed E-state index contributed by atoms with van der Waals surface area (Å²) in [6.45, 7) is 2.05. The Bertz CT molecular complexity index is 1370. The van der Waals surface area contributed by atoms with Crippen LogP contribution in [0.4, 0.5) is 0 Å². The largest absolute Gasteiger partial charge is 0.293 e. The van der Waals surface area contributed by atoms with Crippen LogP contribution in [0.1, 0.15) is 33.5 Å². The summed E-state index contributed by atoms with van der Waals surface area (Å²) in [6.07, 6.45) is 1.59. The number of hydrogen-bond acceptors (Lipinski definition) is 4. The van der Waals surface area contributed by atoms with Crippen molar-refractivity contribution in [3.63, 3.8) is 0 Å². The maximum atomic E-state index is 13.2. The van der Waals surface area contributed by atoms with Crippen molar-refractivity contribution in [2.45, 2.75) is 30.0 Å². The van der Waals surface area contributed by atoms with Crippen LogP contribution in [0, 0.1) is 18.3 Å². The number of aromatic nitrogens is 1. The molecule has 4 aromatic rings. The summed E-state index contributed by atoms with van der Waals surface area (Å²) in [5.41, 5.74) is 7.19. The van der Waals surface area contributed by atoms with Crippen molar-refractivity contribution in [1.29, 1.82) is 5.26 Å². The third kappa shape index (κ3) is 4.20. The maximum Gasteiger partial charge on any atom is 0.176 e. The first kappa shape index (κ1) is 21.2. The van der Waals surface area contributed by atoms with Crippen molar-refractivity contribution in [3.8, 4) is 28.5 Å². The van der Waals surface area contributed by atoms with E-state index in [0.29, 0.717) is 10.6 Å². The predicted molar refractivity (Wildman–Crippen MR) is 133 cm³/mol.